The zero-order valence-electron chi connectivity index (χ0n) is 14.1. The molecule has 0 fully saturated rings. The van der Waals surface area contributed by atoms with E-state index >= 15 is 0 Å². The number of benzene rings is 2. The summed E-state index contributed by atoms with van der Waals surface area (Å²) in [5, 5.41) is 8.69. The van der Waals surface area contributed by atoms with Gasteiger partial charge in [-0.3, -0.25) is 4.79 Å². The zero-order chi connectivity index (χ0) is 17.4. The molecule has 2 rings (SSSR count). The van der Waals surface area contributed by atoms with Crippen LogP contribution in [0.5, 0.6) is 0 Å². The normalized spacial score (nSPS) is 10.9. The van der Waals surface area contributed by atoms with Crippen molar-refractivity contribution in [2.75, 3.05) is 25.2 Å². The van der Waals surface area contributed by atoms with Crippen LogP contribution in [0.4, 0.5) is 10.5 Å². The van der Waals surface area contributed by atoms with Crippen LogP contribution in [0.25, 0.3) is 12.2 Å². The molecule has 0 bridgehead atoms. The molecule has 0 heterocycles. The Morgan fingerprint density at radius 1 is 1.08 bits per heavy atom. The van der Waals surface area contributed by atoms with Gasteiger partial charge in [-0.05, 0) is 28.8 Å². The molecule has 0 aromatic heterocycles. The highest BCUT2D eigenvalue weighted by molar-refractivity contribution is 6.60. The molecule has 4 nitrogen and oxygen atoms in total. The van der Waals surface area contributed by atoms with E-state index in [4.69, 9.17) is 9.84 Å². The van der Waals surface area contributed by atoms with Gasteiger partial charge in [-0.15, -0.1) is 0 Å². The van der Waals surface area contributed by atoms with Gasteiger partial charge in [-0.1, -0.05) is 48.6 Å². The van der Waals surface area contributed by atoms with E-state index in [-0.39, 0.29) is 12.4 Å². The minimum absolute atomic E-state index is 0.0151. The molecule has 124 valence electrons. The molecule has 0 radical (unpaired) electrons. The van der Waals surface area contributed by atoms with Crippen LogP contribution < -0.4 is 4.90 Å². The van der Waals surface area contributed by atoms with Crippen LogP contribution in [-0.2, 0) is 11.3 Å². The Hall–Kier alpha value is -2.37. The standard InChI is InChI=1S/C19H22BNO3/c1-21(19(20)23)18-10-8-16(9-11-18)3-2-15-4-6-17(7-5-15)14-24-13-12-22/h2-11,22H,12-14,20H2,1H3/b3-2+. The molecule has 24 heavy (non-hydrogen) atoms. The molecule has 2 aromatic rings. The maximum atomic E-state index is 11.3. The first-order chi connectivity index (χ1) is 11.6. The highest BCUT2D eigenvalue weighted by atomic mass is 16.5. The summed E-state index contributed by atoms with van der Waals surface area (Å²) >= 11 is 0. The predicted octanol–water partition coefficient (Wildman–Crippen LogP) is 2.56. The number of ether oxygens (including phenoxy) is 1. The first kappa shape index (κ1) is 18.0. The quantitative estimate of drug-likeness (QED) is 0.484. The molecule has 0 spiro atoms. The van der Waals surface area contributed by atoms with Crippen LogP contribution in [0.15, 0.2) is 48.5 Å². The first-order valence-electron chi connectivity index (χ1n) is 7.90. The SMILES string of the molecule is BC(=O)N(C)c1ccc(/C=C/c2ccc(COCCO)cc2)cc1. The molecule has 2 aromatic carbocycles. The maximum absolute atomic E-state index is 11.3. The number of hydrogen-bond acceptors (Lipinski definition) is 3. The lowest BCUT2D eigenvalue weighted by Crippen LogP contribution is -2.24. The van der Waals surface area contributed by atoms with Crippen LogP contribution in [0.2, 0.25) is 0 Å². The van der Waals surface area contributed by atoms with Crippen LogP contribution in [0, 0.1) is 0 Å². The van der Waals surface area contributed by atoms with E-state index in [0.717, 1.165) is 22.4 Å². The second kappa shape index (κ2) is 9.06. The van der Waals surface area contributed by atoms with Crippen LogP contribution in [0.3, 0.4) is 0 Å². The summed E-state index contributed by atoms with van der Waals surface area (Å²) in [5.74, 6) is 0.0151. The molecule has 0 saturated heterocycles. The van der Waals surface area contributed by atoms with Gasteiger partial charge in [0.15, 0.2) is 5.81 Å². The van der Waals surface area contributed by atoms with Gasteiger partial charge >= 0.3 is 0 Å². The van der Waals surface area contributed by atoms with Gasteiger partial charge in [-0.25, -0.2) is 0 Å². The molecule has 0 saturated carbocycles. The zero-order valence-corrected chi connectivity index (χ0v) is 14.1. The van der Waals surface area contributed by atoms with E-state index in [1.54, 1.807) is 19.8 Å². The minimum atomic E-state index is 0.0151. The van der Waals surface area contributed by atoms with E-state index in [1.807, 2.05) is 60.7 Å². The monoisotopic (exact) mass is 323 g/mol. The van der Waals surface area contributed by atoms with Crippen LogP contribution in [0.1, 0.15) is 16.7 Å². The number of rotatable bonds is 7. The van der Waals surface area contributed by atoms with E-state index in [9.17, 15) is 4.79 Å². The van der Waals surface area contributed by atoms with Gasteiger partial charge in [-0.2, -0.15) is 0 Å². The predicted molar refractivity (Wildman–Crippen MR) is 101 cm³/mol. The van der Waals surface area contributed by atoms with Gasteiger partial charge in [0.05, 0.1) is 19.8 Å². The topological polar surface area (TPSA) is 49.8 Å². The Balaban J connectivity index is 1.96. The Labute approximate surface area is 143 Å². The number of nitrogens with zero attached hydrogens (tertiary/aromatic N) is 1. The van der Waals surface area contributed by atoms with Gasteiger partial charge in [0.2, 0.25) is 7.85 Å². The number of carbonyl (C=O) groups is 1. The Morgan fingerprint density at radius 2 is 1.62 bits per heavy atom. The highest BCUT2D eigenvalue weighted by Gasteiger charge is 2.03. The minimum Gasteiger partial charge on any atom is -0.394 e. The highest BCUT2D eigenvalue weighted by Crippen LogP contribution is 2.16. The van der Waals surface area contributed by atoms with Crippen molar-refractivity contribution in [3.8, 4) is 0 Å². The molecular formula is C19H22BNO3. The third-order valence-electron chi connectivity index (χ3n) is 3.71. The molecule has 0 aliphatic rings. The Bertz CT molecular complexity index is 681. The molecule has 1 N–H and O–H groups in total. The fraction of sp³-hybridized carbons (Fsp3) is 0.211. The summed E-state index contributed by atoms with van der Waals surface area (Å²) < 4.78 is 5.29. The largest absolute Gasteiger partial charge is 0.394 e. The van der Waals surface area contributed by atoms with Gasteiger partial charge in [0.25, 0.3) is 0 Å². The van der Waals surface area contributed by atoms with Crippen molar-refractivity contribution in [1.29, 1.82) is 0 Å². The number of amides is 1. The second-order valence-corrected chi connectivity index (χ2v) is 5.52. The number of aliphatic hydroxyl groups excluding tert-OH is 1. The summed E-state index contributed by atoms with van der Waals surface area (Å²) in [4.78, 5) is 13.0. The molecule has 0 aliphatic carbocycles. The van der Waals surface area contributed by atoms with Crippen molar-refractivity contribution in [1.82, 2.24) is 0 Å². The van der Waals surface area contributed by atoms with E-state index in [0.29, 0.717) is 13.2 Å². The molecule has 0 atom stereocenters. The summed E-state index contributed by atoms with van der Waals surface area (Å²) in [6, 6.07) is 15.9. The van der Waals surface area contributed by atoms with Gasteiger partial charge in [0, 0.05) is 12.7 Å². The summed E-state index contributed by atoms with van der Waals surface area (Å²) in [7, 11) is 3.31. The lowest BCUT2D eigenvalue weighted by molar-refractivity contribution is 0.0815. The number of carbonyl (C=O) groups excluding carboxylic acids is 1. The summed E-state index contributed by atoms with van der Waals surface area (Å²) in [5.41, 5.74) is 4.14. The van der Waals surface area contributed by atoms with Gasteiger partial charge in [0.1, 0.15) is 0 Å². The van der Waals surface area contributed by atoms with Crippen molar-refractivity contribution < 1.29 is 14.6 Å². The van der Waals surface area contributed by atoms with Crippen molar-refractivity contribution >= 4 is 31.5 Å². The molecule has 0 aliphatic heterocycles. The van der Waals surface area contributed by atoms with Crippen molar-refractivity contribution in [2.45, 2.75) is 6.61 Å². The fourth-order valence-corrected chi connectivity index (χ4v) is 2.16. The van der Waals surface area contributed by atoms with Crippen molar-refractivity contribution in [2.24, 2.45) is 0 Å². The first-order valence-corrected chi connectivity index (χ1v) is 7.90. The summed E-state index contributed by atoms with van der Waals surface area (Å²) in [6.45, 7) is 0.911. The number of aliphatic hydroxyl groups is 1. The lowest BCUT2D eigenvalue weighted by Gasteiger charge is -2.15. The van der Waals surface area contributed by atoms with Crippen LogP contribution >= 0.6 is 0 Å². The third kappa shape index (κ3) is 5.37. The molecular weight excluding hydrogens is 301 g/mol. The maximum Gasteiger partial charge on any atom is 0.216 e. The lowest BCUT2D eigenvalue weighted by atomic mass is 10.1. The Morgan fingerprint density at radius 3 is 2.12 bits per heavy atom. The van der Waals surface area contributed by atoms with Crippen LogP contribution in [-0.4, -0.2) is 39.0 Å². The molecule has 0 unspecified atom stereocenters. The average molecular weight is 323 g/mol. The fourth-order valence-electron chi connectivity index (χ4n) is 2.16. The Kier molecular flexibility index (Phi) is 6.79. The number of hydrogen-bond donors (Lipinski definition) is 1. The van der Waals surface area contributed by atoms with Crippen molar-refractivity contribution in [3.05, 3.63) is 65.2 Å². The van der Waals surface area contributed by atoms with E-state index in [1.165, 1.54) is 0 Å². The van der Waals surface area contributed by atoms with E-state index < -0.39 is 0 Å². The van der Waals surface area contributed by atoms with Gasteiger partial charge < -0.3 is 14.7 Å². The molecule has 5 heteroatoms. The number of anilines is 1. The molecule has 1 amide bonds. The van der Waals surface area contributed by atoms with E-state index in [2.05, 4.69) is 0 Å². The van der Waals surface area contributed by atoms with Crippen molar-refractivity contribution in [3.63, 3.8) is 0 Å². The smallest absolute Gasteiger partial charge is 0.216 e. The summed E-state index contributed by atoms with van der Waals surface area (Å²) in [6.07, 6.45) is 4.08. The third-order valence-corrected chi connectivity index (χ3v) is 3.71. The average Bonchev–Trinajstić information content (AvgIpc) is 2.61. The second-order valence-electron chi connectivity index (χ2n) is 5.52.